The molecule has 0 bridgehead atoms. The Morgan fingerprint density at radius 2 is 0.761 bits per heavy atom. The molecule has 0 aromatic heterocycles. The molecule has 0 aliphatic heterocycles. The summed E-state index contributed by atoms with van der Waals surface area (Å²) < 4.78 is 207. The Bertz CT molecular complexity index is 2510. The van der Waals surface area contributed by atoms with Gasteiger partial charge in [0.1, 0.15) is 34.3 Å². The number of aryl methyl sites for hydroxylation is 2. The predicted molar refractivity (Wildman–Crippen MR) is 248 cm³/mol. The van der Waals surface area contributed by atoms with Crippen LogP contribution in [-0.4, -0.2) is 39.8 Å². The molecule has 0 saturated heterocycles. The van der Waals surface area contributed by atoms with Crippen molar-refractivity contribution < 1.29 is 66.9 Å². The van der Waals surface area contributed by atoms with Crippen molar-refractivity contribution in [2.24, 2.45) is 11.8 Å². The number of alkyl halides is 10. The van der Waals surface area contributed by atoms with E-state index in [1.165, 1.54) is 36.4 Å². The first kappa shape index (κ1) is 54.5. The number of hydrogen-bond donors (Lipinski definition) is 0. The maximum Gasteiger partial charge on any atom is 0.392 e. The third-order valence-electron chi connectivity index (χ3n) is 12.8. The van der Waals surface area contributed by atoms with Gasteiger partial charge in [-0.15, -0.1) is 0 Å². The Kier molecular flexibility index (Phi) is 17.8. The highest BCUT2D eigenvalue weighted by atomic mass is 19.4. The molecule has 3 nitrogen and oxygen atoms in total. The first-order chi connectivity index (χ1) is 33.6. The zero-order valence-corrected chi connectivity index (χ0v) is 39.5. The minimum absolute atomic E-state index is 0.0259. The van der Waals surface area contributed by atoms with Gasteiger partial charge in [0.25, 0.3) is 0 Å². The van der Waals surface area contributed by atoms with Gasteiger partial charge in [-0.1, -0.05) is 123 Å². The number of hydrogen-bond acceptors (Lipinski definition) is 3. The zero-order chi connectivity index (χ0) is 51.7. The number of rotatable bonds is 22. The van der Waals surface area contributed by atoms with Crippen LogP contribution in [0.15, 0.2) is 121 Å². The normalized spacial score (nSPS) is 13.4. The van der Waals surface area contributed by atoms with Crippen LogP contribution in [0.2, 0.25) is 0 Å². The van der Waals surface area contributed by atoms with E-state index in [0.29, 0.717) is 36.1 Å². The van der Waals surface area contributed by atoms with Gasteiger partial charge in [-0.3, -0.25) is 0 Å². The predicted octanol–water partition coefficient (Wildman–Crippen LogP) is 15.9. The van der Waals surface area contributed by atoms with Crippen LogP contribution >= 0.6 is 0 Å². The quantitative estimate of drug-likeness (QED) is 0.0634. The van der Waals surface area contributed by atoms with Crippen LogP contribution < -0.4 is 4.74 Å². The molecule has 6 aromatic carbocycles. The van der Waals surface area contributed by atoms with Crippen LogP contribution in [0.1, 0.15) is 93.5 Å². The summed E-state index contributed by atoms with van der Waals surface area (Å²) in [5.74, 6) is -19.5. The highest BCUT2D eigenvalue weighted by molar-refractivity contribution is 5.55. The number of methoxy groups -OCH3 is 2. The van der Waals surface area contributed by atoms with Crippen molar-refractivity contribution >= 4 is 0 Å². The number of ether oxygens (including phenoxy) is 3. The van der Waals surface area contributed by atoms with Crippen molar-refractivity contribution in [2.75, 3.05) is 27.4 Å². The second-order valence-corrected chi connectivity index (χ2v) is 17.5. The molecule has 71 heavy (non-hydrogen) atoms. The van der Waals surface area contributed by atoms with E-state index in [-0.39, 0.29) is 24.0 Å². The Morgan fingerprint density at radius 3 is 1.08 bits per heavy atom. The lowest BCUT2D eigenvalue weighted by molar-refractivity contribution is -0.179. The fourth-order valence-electron chi connectivity index (χ4n) is 8.66. The minimum atomic E-state index is -4.94. The largest absolute Gasteiger partial charge is 0.456 e. The summed E-state index contributed by atoms with van der Waals surface area (Å²) in [5, 5.41) is 0. The van der Waals surface area contributed by atoms with Gasteiger partial charge in [-0.25, -0.2) is 8.78 Å². The highest BCUT2D eigenvalue weighted by Crippen LogP contribution is 2.50. The van der Waals surface area contributed by atoms with Crippen molar-refractivity contribution in [3.05, 3.63) is 200 Å². The van der Waals surface area contributed by atoms with Gasteiger partial charge in [0, 0.05) is 38.6 Å². The second-order valence-electron chi connectivity index (χ2n) is 17.5. The maximum absolute atomic E-state index is 17.7. The average molecular weight is 1000 g/mol. The van der Waals surface area contributed by atoms with Crippen molar-refractivity contribution in [1.29, 1.82) is 0 Å². The molecular formula is C56H54F12O3. The number of benzene rings is 6. The standard InChI is InChI=1S/C56H54F12O3/c1-5-35-15-19-37(20-16-35)31-39-11-7-9-13-45(39)53(59,60)49-47(25-23-41(51(49)57)33-43(27-29-69-3)55(63,64)65)71-48-26-24-42(34-44(28-30-70-4)56(66,67)68)52(58)50(48)54(61,62)46-14-10-8-12-40(46)32-38-21-17-36(6-2)18-22-38/h7-26,43-44H,5-6,27-34H2,1-4H3. The zero-order valence-electron chi connectivity index (χ0n) is 39.5. The first-order valence-electron chi connectivity index (χ1n) is 23.1. The fourth-order valence-corrected chi connectivity index (χ4v) is 8.66. The Morgan fingerprint density at radius 1 is 0.423 bits per heavy atom. The molecule has 0 N–H and O–H groups in total. The summed E-state index contributed by atoms with van der Waals surface area (Å²) in [6.45, 7) is 3.03. The van der Waals surface area contributed by atoms with E-state index in [1.807, 2.05) is 13.8 Å². The van der Waals surface area contributed by atoms with Gasteiger partial charge in [-0.05, 0) is 108 Å². The van der Waals surface area contributed by atoms with Crippen molar-refractivity contribution in [1.82, 2.24) is 0 Å². The highest BCUT2D eigenvalue weighted by Gasteiger charge is 2.47. The molecule has 0 radical (unpaired) electrons. The summed E-state index contributed by atoms with van der Waals surface area (Å²) in [5.41, 5.74) is -3.47. The van der Waals surface area contributed by atoms with E-state index in [1.54, 1.807) is 48.5 Å². The molecule has 15 heteroatoms. The molecule has 0 aliphatic rings. The molecule has 380 valence electrons. The van der Waals surface area contributed by atoms with E-state index in [9.17, 15) is 26.3 Å². The van der Waals surface area contributed by atoms with Gasteiger partial charge in [0.15, 0.2) is 0 Å². The van der Waals surface area contributed by atoms with Gasteiger partial charge in [0.05, 0.1) is 11.8 Å². The van der Waals surface area contributed by atoms with Crippen LogP contribution in [0.3, 0.4) is 0 Å². The van der Waals surface area contributed by atoms with Crippen LogP contribution in [-0.2, 0) is 59.8 Å². The summed E-state index contributed by atoms with van der Waals surface area (Å²) >= 11 is 0. The van der Waals surface area contributed by atoms with Crippen LogP contribution in [0.25, 0.3) is 0 Å². The Labute approximate surface area is 405 Å². The molecule has 0 heterocycles. The van der Waals surface area contributed by atoms with Crippen molar-refractivity contribution in [3.8, 4) is 11.5 Å². The van der Waals surface area contributed by atoms with E-state index >= 15 is 26.3 Å². The van der Waals surface area contributed by atoms with Crippen LogP contribution in [0.4, 0.5) is 52.7 Å². The molecule has 2 atom stereocenters. The minimum Gasteiger partial charge on any atom is -0.456 e. The molecule has 0 amide bonds. The Hall–Kier alpha value is -5.80. The van der Waals surface area contributed by atoms with Crippen molar-refractivity contribution in [2.45, 2.75) is 89.4 Å². The molecule has 2 unspecified atom stereocenters. The lowest BCUT2D eigenvalue weighted by Crippen LogP contribution is -2.28. The molecule has 0 saturated carbocycles. The summed E-state index contributed by atoms with van der Waals surface area (Å²) in [4.78, 5) is 0. The van der Waals surface area contributed by atoms with E-state index in [0.717, 1.165) is 49.6 Å². The molecule has 6 aromatic rings. The molecule has 0 fully saturated rings. The fraction of sp³-hybridized carbons (Fsp3) is 0.357. The lowest BCUT2D eigenvalue weighted by atomic mass is 9.88. The lowest BCUT2D eigenvalue weighted by Gasteiger charge is -2.28. The van der Waals surface area contributed by atoms with Crippen LogP contribution in [0, 0.1) is 23.5 Å². The first-order valence-corrected chi connectivity index (χ1v) is 23.1. The average Bonchev–Trinajstić information content (AvgIpc) is 3.32. The summed E-state index contributed by atoms with van der Waals surface area (Å²) in [6.07, 6.45) is -12.3. The Balaban J connectivity index is 1.57. The maximum atomic E-state index is 17.7. The van der Waals surface area contributed by atoms with Crippen molar-refractivity contribution in [3.63, 3.8) is 0 Å². The third kappa shape index (κ3) is 13.0. The SMILES string of the molecule is CCc1ccc(Cc2ccccc2C(F)(F)c2c(Oc3ccc(CC(CCOC)C(F)(F)F)c(F)c3C(F)(F)c3ccccc3Cc3ccc(CC)cc3)ccc(CC(CCOC)C(F)(F)F)c2F)cc1. The molecule has 0 aliphatic carbocycles. The second kappa shape index (κ2) is 23.2. The summed E-state index contributed by atoms with van der Waals surface area (Å²) in [7, 11) is 2.31. The van der Waals surface area contributed by atoms with E-state index in [2.05, 4.69) is 0 Å². The smallest absolute Gasteiger partial charge is 0.392 e. The van der Waals surface area contributed by atoms with Gasteiger partial charge in [-0.2, -0.15) is 43.9 Å². The number of halogens is 12. The summed E-state index contributed by atoms with van der Waals surface area (Å²) in [6, 6.07) is 27.1. The molecule has 0 spiro atoms. The third-order valence-corrected chi connectivity index (χ3v) is 12.8. The molecule has 6 rings (SSSR count). The van der Waals surface area contributed by atoms with E-state index < -0.39 is 131 Å². The van der Waals surface area contributed by atoms with E-state index in [4.69, 9.17) is 14.2 Å². The van der Waals surface area contributed by atoms with Gasteiger partial charge < -0.3 is 14.2 Å². The van der Waals surface area contributed by atoms with Crippen LogP contribution in [0.5, 0.6) is 11.5 Å². The topological polar surface area (TPSA) is 27.7 Å². The van der Waals surface area contributed by atoms with Gasteiger partial charge >= 0.3 is 24.2 Å². The van der Waals surface area contributed by atoms with Gasteiger partial charge in [0.2, 0.25) is 0 Å². The monoisotopic (exact) mass is 1000 g/mol. The molecular weight excluding hydrogens is 949 g/mol.